The van der Waals surface area contributed by atoms with E-state index in [1.165, 1.54) is 5.57 Å². The molecule has 5 aliphatic rings. The number of epoxide rings is 1. The Morgan fingerprint density at radius 3 is 2.40 bits per heavy atom. The molecule has 5 nitrogen and oxygen atoms in total. The zero-order valence-corrected chi connectivity index (χ0v) is 22.7. The lowest BCUT2D eigenvalue weighted by Gasteiger charge is -2.59. The molecule has 0 amide bonds. The number of carbonyl (C=O) groups is 2. The number of Topliss-reactive ketones (excluding diaryl/α,β-unsaturated/α-hetero) is 1. The molecule has 1 spiro atoms. The van der Waals surface area contributed by atoms with Crippen LogP contribution in [-0.2, 0) is 14.3 Å². The second-order valence-electron chi connectivity index (χ2n) is 13.5. The van der Waals surface area contributed by atoms with E-state index in [1.54, 1.807) is 6.92 Å². The summed E-state index contributed by atoms with van der Waals surface area (Å²) < 4.78 is 6.75. The van der Waals surface area contributed by atoms with E-state index in [2.05, 4.69) is 41.5 Å². The van der Waals surface area contributed by atoms with Gasteiger partial charge >= 0.3 is 5.97 Å². The fraction of sp³-hybridized carbons (Fsp3) is 0.800. The van der Waals surface area contributed by atoms with Gasteiger partial charge < -0.3 is 14.9 Å². The van der Waals surface area contributed by atoms with Crippen molar-refractivity contribution in [1.29, 1.82) is 0 Å². The van der Waals surface area contributed by atoms with Gasteiger partial charge in [0.05, 0.1) is 0 Å². The molecule has 4 aliphatic carbocycles. The molecule has 2 N–H and O–H groups in total. The van der Waals surface area contributed by atoms with E-state index in [0.717, 1.165) is 50.5 Å². The summed E-state index contributed by atoms with van der Waals surface area (Å²) in [6.45, 7) is 14.9. The van der Waals surface area contributed by atoms with Crippen LogP contribution in [0.1, 0.15) is 99.8 Å². The second-order valence-corrected chi connectivity index (χ2v) is 13.5. The lowest BCUT2D eigenvalue weighted by atomic mass is 9.44. The van der Waals surface area contributed by atoms with E-state index in [9.17, 15) is 14.7 Å². The van der Waals surface area contributed by atoms with Crippen molar-refractivity contribution in [2.45, 2.75) is 117 Å². The minimum atomic E-state index is -0.976. The van der Waals surface area contributed by atoms with Crippen LogP contribution < -0.4 is 0 Å². The van der Waals surface area contributed by atoms with Gasteiger partial charge in [0.15, 0.2) is 0 Å². The summed E-state index contributed by atoms with van der Waals surface area (Å²) >= 11 is 0. The van der Waals surface area contributed by atoms with Crippen molar-refractivity contribution in [1.82, 2.24) is 0 Å². The van der Waals surface area contributed by atoms with E-state index in [1.807, 2.05) is 6.08 Å². The van der Waals surface area contributed by atoms with Crippen molar-refractivity contribution in [3.63, 3.8) is 0 Å². The average Bonchev–Trinajstić information content (AvgIpc) is 3.50. The van der Waals surface area contributed by atoms with Gasteiger partial charge in [0.2, 0.25) is 0 Å². The second kappa shape index (κ2) is 7.54. The van der Waals surface area contributed by atoms with Crippen LogP contribution in [0.3, 0.4) is 0 Å². The predicted octanol–water partition coefficient (Wildman–Crippen LogP) is 5.85. The number of hydrogen-bond donors (Lipinski definition) is 2. The van der Waals surface area contributed by atoms with Crippen molar-refractivity contribution in [2.75, 3.05) is 0 Å². The number of allylic oxidation sites excluding steroid dienone is 2. The molecule has 5 rings (SSSR count). The first kappa shape index (κ1) is 25.2. The van der Waals surface area contributed by atoms with Crippen molar-refractivity contribution < 1.29 is 24.5 Å². The third-order valence-electron chi connectivity index (χ3n) is 12.0. The molecule has 0 aromatic heterocycles. The highest BCUT2D eigenvalue weighted by Crippen LogP contribution is 2.82. The summed E-state index contributed by atoms with van der Waals surface area (Å²) in [7, 11) is 0. The molecule has 4 fully saturated rings. The van der Waals surface area contributed by atoms with Gasteiger partial charge in [0.25, 0.3) is 0 Å². The number of carboxylic acid groups (broad SMARTS) is 1. The third kappa shape index (κ3) is 2.89. The summed E-state index contributed by atoms with van der Waals surface area (Å²) in [4.78, 5) is 24.0. The standard InChI is InChI=1S/C30H44O5/c1-17(9-8-10-18(2)24(32)33)20-13-15-27(6)22-12-11-21-26(4,5)23(31)14-16-28(21,7)30(22)25(35-30)29(27,34)19(20)3/h10,17,21-22,25,34H,8-9,11-16H2,1-7H3,(H,32,33). The quantitative estimate of drug-likeness (QED) is 0.290. The molecule has 1 saturated heterocycles. The molecular formula is C30H44O5. The number of aliphatic carboxylic acids is 1. The number of aliphatic hydroxyl groups is 1. The van der Waals surface area contributed by atoms with E-state index < -0.39 is 11.6 Å². The molecule has 35 heavy (non-hydrogen) atoms. The smallest absolute Gasteiger partial charge is 0.330 e. The van der Waals surface area contributed by atoms with Crippen LogP contribution in [-0.4, -0.2) is 39.3 Å². The van der Waals surface area contributed by atoms with Crippen molar-refractivity contribution >= 4 is 11.8 Å². The minimum Gasteiger partial charge on any atom is -0.478 e. The molecule has 194 valence electrons. The highest BCUT2D eigenvalue weighted by molar-refractivity contribution is 5.86. The van der Waals surface area contributed by atoms with Crippen molar-refractivity contribution in [3.8, 4) is 0 Å². The first-order chi connectivity index (χ1) is 16.2. The molecule has 0 aromatic carbocycles. The van der Waals surface area contributed by atoms with Gasteiger partial charge in [-0.25, -0.2) is 4.79 Å². The van der Waals surface area contributed by atoms with Crippen LogP contribution in [0.15, 0.2) is 22.8 Å². The molecule has 0 bridgehead atoms. The largest absolute Gasteiger partial charge is 0.478 e. The number of ether oxygens (including phenoxy) is 1. The highest BCUT2D eigenvalue weighted by Gasteiger charge is 2.90. The van der Waals surface area contributed by atoms with Gasteiger partial charge in [-0.1, -0.05) is 46.3 Å². The number of carbonyl (C=O) groups excluding carboxylic acids is 1. The third-order valence-corrected chi connectivity index (χ3v) is 12.0. The number of fused-ring (bicyclic) bond motifs is 4. The van der Waals surface area contributed by atoms with Crippen LogP contribution in [0.4, 0.5) is 0 Å². The van der Waals surface area contributed by atoms with E-state index in [-0.39, 0.29) is 39.8 Å². The zero-order chi connectivity index (χ0) is 25.8. The number of carboxylic acids is 1. The molecule has 1 aliphatic heterocycles. The van der Waals surface area contributed by atoms with Crippen LogP contribution in [0.2, 0.25) is 0 Å². The number of rotatable bonds is 5. The Bertz CT molecular complexity index is 1040. The van der Waals surface area contributed by atoms with Gasteiger partial charge in [-0.3, -0.25) is 4.79 Å². The highest BCUT2D eigenvalue weighted by atomic mass is 16.6. The SMILES string of the molecule is CC(=CCCC(C)C1=C(C)C2(O)C3OC34C(CCC3C(C)(C)C(=O)CCC34C)C2(C)CC1)C(=O)O. The minimum absolute atomic E-state index is 0.0979. The van der Waals surface area contributed by atoms with Crippen LogP contribution in [0.25, 0.3) is 0 Å². The maximum atomic E-state index is 12.9. The number of hydrogen-bond acceptors (Lipinski definition) is 4. The van der Waals surface area contributed by atoms with Crippen LogP contribution in [0.5, 0.6) is 0 Å². The predicted molar refractivity (Wildman–Crippen MR) is 135 cm³/mol. The maximum absolute atomic E-state index is 12.9. The van der Waals surface area contributed by atoms with E-state index in [0.29, 0.717) is 23.7 Å². The Labute approximate surface area is 210 Å². The van der Waals surface area contributed by atoms with Crippen molar-refractivity contribution in [3.05, 3.63) is 22.8 Å². The lowest BCUT2D eigenvalue weighted by molar-refractivity contribution is -0.174. The Kier molecular flexibility index (Phi) is 5.43. The van der Waals surface area contributed by atoms with Gasteiger partial charge in [0, 0.05) is 28.2 Å². The molecule has 0 radical (unpaired) electrons. The summed E-state index contributed by atoms with van der Waals surface area (Å²) in [5.74, 6) is 0.403. The van der Waals surface area contributed by atoms with Crippen LogP contribution >= 0.6 is 0 Å². The topological polar surface area (TPSA) is 87.1 Å². The first-order valence-corrected chi connectivity index (χ1v) is 13.7. The molecular weight excluding hydrogens is 440 g/mol. The zero-order valence-electron chi connectivity index (χ0n) is 22.7. The lowest BCUT2D eigenvalue weighted by Crippen LogP contribution is -2.60. The monoisotopic (exact) mass is 484 g/mol. The molecule has 1 heterocycles. The van der Waals surface area contributed by atoms with Crippen molar-refractivity contribution in [2.24, 2.45) is 34.0 Å². The van der Waals surface area contributed by atoms with Crippen LogP contribution in [0, 0.1) is 34.0 Å². The maximum Gasteiger partial charge on any atom is 0.330 e. The Hall–Kier alpha value is -1.46. The number of ketones is 1. The summed E-state index contributed by atoms with van der Waals surface area (Å²) in [5, 5.41) is 21.8. The molecule has 0 aromatic rings. The fourth-order valence-corrected chi connectivity index (χ4v) is 9.81. The molecule has 8 unspecified atom stereocenters. The molecule has 5 heteroatoms. The first-order valence-electron chi connectivity index (χ1n) is 13.7. The fourth-order valence-electron chi connectivity index (χ4n) is 9.81. The normalized spacial score (nSPS) is 46.9. The van der Waals surface area contributed by atoms with Gasteiger partial charge in [-0.05, 0) is 82.1 Å². The van der Waals surface area contributed by atoms with Gasteiger partial charge in [-0.15, -0.1) is 0 Å². The Balaban J connectivity index is 1.49. The van der Waals surface area contributed by atoms with E-state index >= 15 is 0 Å². The van der Waals surface area contributed by atoms with E-state index in [4.69, 9.17) is 9.84 Å². The van der Waals surface area contributed by atoms with Gasteiger partial charge in [-0.2, -0.15) is 0 Å². The Morgan fingerprint density at radius 1 is 1.11 bits per heavy atom. The summed E-state index contributed by atoms with van der Waals surface area (Å²) in [6, 6.07) is 0. The summed E-state index contributed by atoms with van der Waals surface area (Å²) in [6.07, 6.45) is 8.68. The Morgan fingerprint density at radius 2 is 1.74 bits per heavy atom. The van der Waals surface area contributed by atoms with Gasteiger partial charge in [0.1, 0.15) is 23.1 Å². The summed E-state index contributed by atoms with van der Waals surface area (Å²) in [5.41, 5.74) is 0.850. The molecule has 8 atom stereocenters. The molecule has 3 saturated carbocycles. The average molecular weight is 485 g/mol.